The molecule has 0 aliphatic carbocycles. The maximum atomic E-state index is 12.8. The van der Waals surface area contributed by atoms with Crippen molar-refractivity contribution < 1.29 is 28.6 Å². The van der Waals surface area contributed by atoms with E-state index in [2.05, 4.69) is 130 Å². The van der Waals surface area contributed by atoms with E-state index in [4.69, 9.17) is 14.2 Å². The van der Waals surface area contributed by atoms with Crippen molar-refractivity contribution in [2.45, 2.75) is 284 Å². The number of unbranched alkanes of at least 4 members (excludes halogenated alkanes) is 24. The molecule has 426 valence electrons. The van der Waals surface area contributed by atoms with E-state index in [1.54, 1.807) is 0 Å². The van der Waals surface area contributed by atoms with Crippen LogP contribution in [0, 0.1) is 0 Å². The van der Waals surface area contributed by atoms with E-state index in [1.165, 1.54) is 141 Å². The lowest BCUT2D eigenvalue weighted by Gasteiger charge is -2.18. The Morgan fingerprint density at radius 1 is 0.280 bits per heavy atom. The van der Waals surface area contributed by atoms with Crippen LogP contribution >= 0.6 is 0 Å². The lowest BCUT2D eigenvalue weighted by molar-refractivity contribution is -0.166. The number of carbonyl (C=O) groups is 3. The minimum absolute atomic E-state index is 0.124. The van der Waals surface area contributed by atoms with Crippen molar-refractivity contribution in [1.82, 2.24) is 0 Å². The quantitative estimate of drug-likeness (QED) is 0.0261. The fourth-order valence-electron chi connectivity index (χ4n) is 8.37. The van der Waals surface area contributed by atoms with E-state index >= 15 is 0 Å². The minimum Gasteiger partial charge on any atom is -0.462 e. The van der Waals surface area contributed by atoms with Crippen molar-refractivity contribution in [3.63, 3.8) is 0 Å². The number of hydrogen-bond acceptors (Lipinski definition) is 6. The van der Waals surface area contributed by atoms with Crippen molar-refractivity contribution in [1.29, 1.82) is 0 Å². The summed E-state index contributed by atoms with van der Waals surface area (Å²) in [7, 11) is 0. The number of hydrogen-bond donors (Lipinski definition) is 0. The molecule has 0 bridgehead atoms. The van der Waals surface area contributed by atoms with Crippen LogP contribution in [-0.4, -0.2) is 37.2 Å². The molecule has 0 aliphatic heterocycles. The number of carbonyl (C=O) groups excluding carboxylic acids is 3. The summed E-state index contributed by atoms with van der Waals surface area (Å²) >= 11 is 0. The van der Waals surface area contributed by atoms with Crippen molar-refractivity contribution in [3.05, 3.63) is 122 Å². The fraction of sp³-hybridized carbons (Fsp3) is 0.667. The molecule has 1 atom stereocenters. The molecule has 0 aliphatic rings. The van der Waals surface area contributed by atoms with Gasteiger partial charge in [-0.05, 0) is 109 Å². The molecule has 0 amide bonds. The molecule has 0 radical (unpaired) electrons. The van der Waals surface area contributed by atoms with Gasteiger partial charge in [-0.3, -0.25) is 14.4 Å². The number of allylic oxidation sites excluding steroid dienone is 20. The van der Waals surface area contributed by atoms with Crippen LogP contribution in [0.1, 0.15) is 278 Å². The third-order valence-corrected chi connectivity index (χ3v) is 12.9. The molecule has 1 unspecified atom stereocenters. The molecule has 6 nitrogen and oxygen atoms in total. The second-order valence-corrected chi connectivity index (χ2v) is 20.2. The lowest BCUT2D eigenvalue weighted by atomic mass is 10.0. The van der Waals surface area contributed by atoms with Crippen LogP contribution in [0.4, 0.5) is 0 Å². The smallest absolute Gasteiger partial charge is 0.306 e. The van der Waals surface area contributed by atoms with Gasteiger partial charge < -0.3 is 14.2 Å². The SMILES string of the molecule is CC/C=C\C/C=C\C/C=C\C/C=C\C/C=C\CCCC(=O)OC(COC(=O)CC/C=C\C/C=C\C/C=C\C/C=C\CC)COC(=O)CCCCCCCCCCCCCCCCC/C=C\CCCCCCCCCC. The second-order valence-electron chi connectivity index (χ2n) is 20.2. The zero-order chi connectivity index (χ0) is 54.3. The third kappa shape index (κ3) is 60.6. The Bertz CT molecular complexity index is 1570. The standard InChI is InChI=1S/C69H114O6/c1-4-7-10-13-16-19-22-25-27-29-30-31-32-33-34-35-36-37-38-40-41-44-47-50-53-56-59-62-68(71)74-65-66(64-73-67(70)61-58-55-52-49-46-43-24-21-18-15-12-9-6-3)75-69(72)63-60-57-54-51-48-45-42-39-28-26-23-20-17-14-11-8-5-2/h8-9,11-12,17-18,20-21,26,28-30,42-43,45-46,51-52,54-55,66H,4-7,10,13-16,19,22-25,27,31-41,44,47-50,53,56-65H2,1-3H3/b11-8-,12-9-,20-17-,21-18-,28-26-,30-29-,45-42-,46-43-,54-51-,55-52-. The summed E-state index contributed by atoms with van der Waals surface area (Å²) in [6.45, 7) is 6.31. The van der Waals surface area contributed by atoms with Crippen LogP contribution in [0.25, 0.3) is 0 Å². The van der Waals surface area contributed by atoms with Gasteiger partial charge in [-0.15, -0.1) is 0 Å². The zero-order valence-electron chi connectivity index (χ0n) is 48.8. The first kappa shape index (κ1) is 70.8. The molecular formula is C69H114O6. The summed E-state index contributed by atoms with van der Waals surface area (Å²) in [6, 6.07) is 0. The average molecular weight is 1040 g/mol. The number of rotatable bonds is 55. The molecule has 0 saturated heterocycles. The van der Waals surface area contributed by atoms with Crippen molar-refractivity contribution >= 4 is 17.9 Å². The lowest BCUT2D eigenvalue weighted by Crippen LogP contribution is -2.30. The molecule has 0 saturated carbocycles. The highest BCUT2D eigenvalue weighted by atomic mass is 16.6. The highest BCUT2D eigenvalue weighted by molar-refractivity contribution is 5.71. The first-order valence-electron chi connectivity index (χ1n) is 31.0. The molecule has 0 aromatic carbocycles. The summed E-state index contributed by atoms with van der Waals surface area (Å²) < 4.78 is 16.8. The van der Waals surface area contributed by atoms with E-state index in [1.807, 2.05) is 12.2 Å². The van der Waals surface area contributed by atoms with Crippen molar-refractivity contribution in [2.75, 3.05) is 13.2 Å². The summed E-state index contributed by atoms with van der Waals surface area (Å²) in [4.78, 5) is 38.1. The first-order valence-corrected chi connectivity index (χ1v) is 31.0. The van der Waals surface area contributed by atoms with Gasteiger partial charge in [0.15, 0.2) is 6.10 Å². The zero-order valence-corrected chi connectivity index (χ0v) is 48.8. The molecule has 0 aromatic heterocycles. The Labute approximate surface area is 462 Å². The van der Waals surface area contributed by atoms with Gasteiger partial charge in [-0.1, -0.05) is 271 Å². The van der Waals surface area contributed by atoms with Gasteiger partial charge in [0.2, 0.25) is 0 Å². The summed E-state index contributed by atoms with van der Waals surface area (Å²) in [6.07, 6.45) is 86.7. The van der Waals surface area contributed by atoms with Crippen LogP contribution in [0.2, 0.25) is 0 Å². The molecule has 0 rings (SSSR count). The highest BCUT2D eigenvalue weighted by Crippen LogP contribution is 2.16. The van der Waals surface area contributed by atoms with Crippen LogP contribution < -0.4 is 0 Å². The second kappa shape index (κ2) is 62.4. The Morgan fingerprint density at radius 3 is 0.947 bits per heavy atom. The van der Waals surface area contributed by atoms with E-state index in [0.29, 0.717) is 19.3 Å². The van der Waals surface area contributed by atoms with Crippen molar-refractivity contribution in [3.8, 4) is 0 Å². The maximum absolute atomic E-state index is 12.8. The van der Waals surface area contributed by atoms with Gasteiger partial charge in [0.05, 0.1) is 0 Å². The fourth-order valence-corrected chi connectivity index (χ4v) is 8.37. The van der Waals surface area contributed by atoms with E-state index < -0.39 is 6.10 Å². The molecule has 6 heteroatoms. The molecule has 75 heavy (non-hydrogen) atoms. The van der Waals surface area contributed by atoms with E-state index in [9.17, 15) is 14.4 Å². The Kier molecular flexibility index (Phi) is 58.9. The predicted molar refractivity (Wildman–Crippen MR) is 325 cm³/mol. The molecule has 0 N–H and O–H groups in total. The summed E-state index contributed by atoms with van der Waals surface area (Å²) in [5.74, 6) is -1.07. The maximum Gasteiger partial charge on any atom is 0.306 e. The van der Waals surface area contributed by atoms with Gasteiger partial charge in [-0.25, -0.2) is 0 Å². The first-order chi connectivity index (χ1) is 37.0. The monoisotopic (exact) mass is 1040 g/mol. The molecule has 0 aromatic rings. The minimum atomic E-state index is -0.840. The Hall–Kier alpha value is -4.19. The molecular weight excluding hydrogens is 925 g/mol. The Balaban J connectivity index is 4.36. The van der Waals surface area contributed by atoms with E-state index in [-0.39, 0.29) is 44.0 Å². The Morgan fingerprint density at radius 2 is 0.560 bits per heavy atom. The number of esters is 3. The average Bonchev–Trinajstić information content (AvgIpc) is 3.41. The predicted octanol–water partition coefficient (Wildman–Crippen LogP) is 21.2. The van der Waals surface area contributed by atoms with Crippen molar-refractivity contribution in [2.24, 2.45) is 0 Å². The van der Waals surface area contributed by atoms with Gasteiger partial charge >= 0.3 is 17.9 Å². The van der Waals surface area contributed by atoms with Gasteiger partial charge in [-0.2, -0.15) is 0 Å². The van der Waals surface area contributed by atoms with Gasteiger partial charge in [0.25, 0.3) is 0 Å². The largest absolute Gasteiger partial charge is 0.462 e. The summed E-state index contributed by atoms with van der Waals surface area (Å²) in [5.41, 5.74) is 0. The topological polar surface area (TPSA) is 78.9 Å². The summed E-state index contributed by atoms with van der Waals surface area (Å²) in [5, 5.41) is 0. The van der Waals surface area contributed by atoms with Gasteiger partial charge in [0, 0.05) is 19.3 Å². The van der Waals surface area contributed by atoms with Crippen LogP contribution in [-0.2, 0) is 28.6 Å². The molecule has 0 spiro atoms. The normalized spacial score (nSPS) is 12.9. The number of ether oxygens (including phenoxy) is 3. The molecule has 0 heterocycles. The highest BCUT2D eigenvalue weighted by Gasteiger charge is 2.19. The van der Waals surface area contributed by atoms with Crippen LogP contribution in [0.15, 0.2) is 122 Å². The van der Waals surface area contributed by atoms with Crippen LogP contribution in [0.5, 0.6) is 0 Å². The van der Waals surface area contributed by atoms with E-state index in [0.717, 1.165) is 83.5 Å². The van der Waals surface area contributed by atoms with Gasteiger partial charge in [0.1, 0.15) is 13.2 Å². The third-order valence-electron chi connectivity index (χ3n) is 12.9. The molecule has 0 fully saturated rings. The van der Waals surface area contributed by atoms with Crippen LogP contribution in [0.3, 0.4) is 0 Å².